The fourth-order valence-electron chi connectivity index (χ4n) is 1.61. The van der Waals surface area contributed by atoms with Crippen LogP contribution in [-0.4, -0.2) is 18.2 Å². The van der Waals surface area contributed by atoms with E-state index in [1.165, 1.54) is 13.2 Å². The minimum absolute atomic E-state index is 0.0949. The third-order valence-corrected chi connectivity index (χ3v) is 2.72. The first-order valence-corrected chi connectivity index (χ1v) is 5.34. The zero-order chi connectivity index (χ0) is 13.2. The number of benzene rings is 1. The molecule has 0 heterocycles. The lowest BCUT2D eigenvalue weighted by Crippen LogP contribution is -2.27. The van der Waals surface area contributed by atoms with Gasteiger partial charge in [-0.25, -0.2) is 4.39 Å². The molecule has 4 heteroatoms. The Morgan fingerprint density at radius 3 is 2.53 bits per heavy atom. The summed E-state index contributed by atoms with van der Waals surface area (Å²) >= 11 is 0. The summed E-state index contributed by atoms with van der Waals surface area (Å²) in [6, 6.07) is 3.09. The van der Waals surface area contributed by atoms with Crippen LogP contribution in [0.3, 0.4) is 0 Å². The van der Waals surface area contributed by atoms with E-state index in [-0.39, 0.29) is 6.42 Å². The van der Waals surface area contributed by atoms with Crippen LogP contribution < -0.4 is 4.74 Å². The minimum Gasteiger partial charge on any atom is -0.496 e. The molecule has 0 amide bonds. The topological polar surface area (TPSA) is 46.5 Å². The van der Waals surface area contributed by atoms with Gasteiger partial charge in [0.15, 0.2) is 0 Å². The zero-order valence-electron chi connectivity index (χ0n) is 10.5. The van der Waals surface area contributed by atoms with Crippen LogP contribution in [0, 0.1) is 18.2 Å². The van der Waals surface area contributed by atoms with E-state index in [1.807, 2.05) is 0 Å². The van der Waals surface area contributed by atoms with E-state index in [1.54, 1.807) is 26.8 Å². The maximum atomic E-state index is 13.8. The molecule has 1 rings (SSSR count). The number of hydrogen-bond donors (Lipinski definition) is 1. The molecule has 1 aromatic carbocycles. The Bertz CT molecular complexity index is 439. The molecule has 0 spiro atoms. The third kappa shape index (κ3) is 2.96. The standard InChI is InChI=1S/C13H17FO3/c1-8-5-10(14)9(11(6-8)17-4)7-13(2,3)12(15)16/h5-6H,7H2,1-4H3,(H,15,16). The lowest BCUT2D eigenvalue weighted by molar-refractivity contribution is -0.146. The second-order valence-electron chi connectivity index (χ2n) is 4.79. The number of ether oxygens (including phenoxy) is 1. The lowest BCUT2D eigenvalue weighted by Gasteiger charge is -2.21. The fraction of sp³-hybridized carbons (Fsp3) is 0.462. The van der Waals surface area contributed by atoms with Crippen LogP contribution in [0.25, 0.3) is 0 Å². The van der Waals surface area contributed by atoms with Gasteiger partial charge in [0.25, 0.3) is 0 Å². The largest absolute Gasteiger partial charge is 0.496 e. The molecule has 0 bridgehead atoms. The summed E-state index contributed by atoms with van der Waals surface area (Å²) in [4.78, 5) is 11.0. The van der Waals surface area contributed by atoms with E-state index < -0.39 is 17.2 Å². The Labute approximate surface area is 100 Å². The van der Waals surface area contributed by atoms with Crippen LogP contribution in [0.2, 0.25) is 0 Å². The van der Waals surface area contributed by atoms with Crippen molar-refractivity contribution in [1.29, 1.82) is 0 Å². The van der Waals surface area contributed by atoms with Crippen molar-refractivity contribution in [2.24, 2.45) is 5.41 Å². The SMILES string of the molecule is COc1cc(C)cc(F)c1CC(C)(C)C(=O)O. The highest BCUT2D eigenvalue weighted by molar-refractivity contribution is 5.74. The van der Waals surface area contributed by atoms with Crippen molar-refractivity contribution < 1.29 is 19.0 Å². The van der Waals surface area contributed by atoms with Crippen molar-refractivity contribution in [1.82, 2.24) is 0 Å². The molecular weight excluding hydrogens is 223 g/mol. The van der Waals surface area contributed by atoms with E-state index >= 15 is 0 Å². The highest BCUT2D eigenvalue weighted by Crippen LogP contribution is 2.31. The first-order valence-electron chi connectivity index (χ1n) is 5.34. The zero-order valence-corrected chi connectivity index (χ0v) is 10.5. The number of halogens is 1. The first kappa shape index (κ1) is 13.5. The average molecular weight is 240 g/mol. The van der Waals surface area contributed by atoms with Crippen LogP contribution in [0.1, 0.15) is 25.0 Å². The molecule has 0 aliphatic heterocycles. The predicted molar refractivity (Wildman–Crippen MR) is 62.8 cm³/mol. The summed E-state index contributed by atoms with van der Waals surface area (Å²) in [6.07, 6.45) is 0.0949. The summed E-state index contributed by atoms with van der Waals surface area (Å²) in [5.41, 5.74) is 0.0327. The Morgan fingerprint density at radius 2 is 2.06 bits per heavy atom. The molecular formula is C13H17FO3. The number of carboxylic acids is 1. The van der Waals surface area contributed by atoms with Gasteiger partial charge in [-0.3, -0.25) is 4.79 Å². The van der Waals surface area contributed by atoms with Crippen LogP contribution in [0.4, 0.5) is 4.39 Å². The van der Waals surface area contributed by atoms with Crippen molar-refractivity contribution in [3.05, 3.63) is 29.1 Å². The lowest BCUT2D eigenvalue weighted by atomic mass is 9.85. The highest BCUT2D eigenvalue weighted by Gasteiger charge is 2.30. The Kier molecular flexibility index (Phi) is 3.76. The molecule has 0 atom stereocenters. The van der Waals surface area contributed by atoms with Gasteiger partial charge in [-0.2, -0.15) is 0 Å². The molecule has 0 aliphatic rings. The molecule has 0 unspecified atom stereocenters. The van der Waals surface area contributed by atoms with Crippen LogP contribution in [-0.2, 0) is 11.2 Å². The van der Waals surface area contributed by atoms with Crippen LogP contribution >= 0.6 is 0 Å². The number of carbonyl (C=O) groups is 1. The predicted octanol–water partition coefficient (Wildman–Crippen LogP) is 2.80. The number of aryl methyl sites for hydroxylation is 1. The number of carboxylic acid groups (broad SMARTS) is 1. The summed E-state index contributed by atoms with van der Waals surface area (Å²) in [6.45, 7) is 4.89. The maximum Gasteiger partial charge on any atom is 0.309 e. The highest BCUT2D eigenvalue weighted by atomic mass is 19.1. The van der Waals surface area contributed by atoms with E-state index in [0.717, 1.165) is 5.56 Å². The summed E-state index contributed by atoms with van der Waals surface area (Å²) in [7, 11) is 1.45. The van der Waals surface area contributed by atoms with Crippen molar-refractivity contribution in [2.45, 2.75) is 27.2 Å². The van der Waals surface area contributed by atoms with Gasteiger partial charge in [0.1, 0.15) is 11.6 Å². The van der Waals surface area contributed by atoms with Crippen molar-refractivity contribution in [3.63, 3.8) is 0 Å². The van der Waals surface area contributed by atoms with Gasteiger partial charge < -0.3 is 9.84 Å². The Balaban J connectivity index is 3.18. The summed E-state index contributed by atoms with van der Waals surface area (Å²) in [5.74, 6) is -0.979. The molecule has 94 valence electrons. The molecule has 1 aromatic rings. The van der Waals surface area contributed by atoms with Crippen LogP contribution in [0.5, 0.6) is 5.75 Å². The van der Waals surface area contributed by atoms with Gasteiger partial charge in [0, 0.05) is 5.56 Å². The molecule has 0 saturated carbocycles. The van der Waals surface area contributed by atoms with E-state index in [9.17, 15) is 9.18 Å². The normalized spacial score (nSPS) is 11.4. The number of aliphatic carboxylic acids is 1. The summed E-state index contributed by atoms with van der Waals surface area (Å²) < 4.78 is 18.9. The number of methoxy groups -OCH3 is 1. The van der Waals surface area contributed by atoms with Crippen molar-refractivity contribution in [3.8, 4) is 5.75 Å². The van der Waals surface area contributed by atoms with E-state index in [2.05, 4.69) is 0 Å². The Hall–Kier alpha value is -1.58. The minimum atomic E-state index is -1.02. The van der Waals surface area contributed by atoms with E-state index in [4.69, 9.17) is 9.84 Å². The first-order chi connectivity index (χ1) is 7.77. The second-order valence-corrected chi connectivity index (χ2v) is 4.79. The molecule has 3 nitrogen and oxygen atoms in total. The molecule has 0 fully saturated rings. The third-order valence-electron chi connectivity index (χ3n) is 2.72. The van der Waals surface area contributed by atoms with E-state index in [0.29, 0.717) is 11.3 Å². The average Bonchev–Trinajstić information content (AvgIpc) is 2.21. The molecule has 0 aromatic heterocycles. The van der Waals surface area contributed by atoms with Gasteiger partial charge >= 0.3 is 5.97 Å². The molecule has 0 saturated heterocycles. The monoisotopic (exact) mass is 240 g/mol. The fourth-order valence-corrected chi connectivity index (χ4v) is 1.61. The van der Waals surface area contributed by atoms with Crippen molar-refractivity contribution >= 4 is 5.97 Å². The van der Waals surface area contributed by atoms with Gasteiger partial charge in [-0.1, -0.05) is 0 Å². The number of rotatable bonds is 4. The van der Waals surface area contributed by atoms with Gasteiger partial charge in [0.05, 0.1) is 12.5 Å². The number of hydrogen-bond acceptors (Lipinski definition) is 2. The van der Waals surface area contributed by atoms with Gasteiger partial charge in [-0.05, 0) is 44.9 Å². The molecule has 17 heavy (non-hydrogen) atoms. The van der Waals surface area contributed by atoms with Gasteiger partial charge in [0.2, 0.25) is 0 Å². The van der Waals surface area contributed by atoms with Crippen molar-refractivity contribution in [2.75, 3.05) is 7.11 Å². The molecule has 0 radical (unpaired) electrons. The Morgan fingerprint density at radius 1 is 1.47 bits per heavy atom. The molecule has 1 N–H and O–H groups in total. The smallest absolute Gasteiger partial charge is 0.309 e. The quantitative estimate of drug-likeness (QED) is 0.880. The maximum absolute atomic E-state index is 13.8. The van der Waals surface area contributed by atoms with Gasteiger partial charge in [-0.15, -0.1) is 0 Å². The van der Waals surface area contributed by atoms with Crippen LogP contribution in [0.15, 0.2) is 12.1 Å². The molecule has 0 aliphatic carbocycles. The summed E-state index contributed by atoms with van der Waals surface area (Å²) in [5, 5.41) is 9.05. The second kappa shape index (κ2) is 4.73.